The van der Waals surface area contributed by atoms with Gasteiger partial charge in [0.25, 0.3) is 0 Å². The number of imidazole rings is 1. The second-order valence-corrected chi connectivity index (χ2v) is 5.06. The van der Waals surface area contributed by atoms with Crippen molar-refractivity contribution in [2.24, 2.45) is 12.9 Å². The molecule has 4 nitrogen and oxygen atoms in total. The molecule has 0 saturated heterocycles. The predicted octanol–water partition coefficient (Wildman–Crippen LogP) is 3.07. The van der Waals surface area contributed by atoms with Crippen molar-refractivity contribution in [1.29, 1.82) is 0 Å². The number of aryl methyl sites for hydroxylation is 1. The van der Waals surface area contributed by atoms with Crippen molar-refractivity contribution >= 4 is 0 Å². The fourth-order valence-corrected chi connectivity index (χ4v) is 2.33. The minimum atomic E-state index is 0.230. The molecule has 0 bridgehead atoms. The molecule has 0 amide bonds. The first-order valence-electron chi connectivity index (χ1n) is 7.22. The van der Waals surface area contributed by atoms with Gasteiger partial charge in [-0.05, 0) is 6.42 Å². The zero-order chi connectivity index (χ0) is 13.2. The lowest BCUT2D eigenvalue weighted by Crippen LogP contribution is -2.29. The van der Waals surface area contributed by atoms with Crippen LogP contribution in [0.3, 0.4) is 0 Å². The number of hydrogen-bond acceptors (Lipinski definition) is 3. The van der Waals surface area contributed by atoms with E-state index in [-0.39, 0.29) is 6.04 Å². The van der Waals surface area contributed by atoms with Gasteiger partial charge >= 0.3 is 0 Å². The Bertz CT molecular complexity index is 308. The van der Waals surface area contributed by atoms with Gasteiger partial charge in [0.1, 0.15) is 0 Å². The molecule has 0 aliphatic carbocycles. The molecule has 1 aromatic rings. The maximum atomic E-state index is 5.62. The van der Waals surface area contributed by atoms with E-state index in [0.29, 0.717) is 0 Å². The summed E-state index contributed by atoms with van der Waals surface area (Å²) < 4.78 is 2.03. The minimum absolute atomic E-state index is 0.230. The topological polar surface area (TPSA) is 55.9 Å². The van der Waals surface area contributed by atoms with Gasteiger partial charge in [0.15, 0.2) is 0 Å². The van der Waals surface area contributed by atoms with Gasteiger partial charge in [-0.25, -0.2) is 4.98 Å². The van der Waals surface area contributed by atoms with Crippen molar-refractivity contribution < 1.29 is 0 Å². The van der Waals surface area contributed by atoms with E-state index >= 15 is 0 Å². The van der Waals surface area contributed by atoms with E-state index in [4.69, 9.17) is 5.84 Å². The largest absolute Gasteiger partial charge is 0.336 e. The highest BCUT2D eigenvalue weighted by molar-refractivity contribution is 5.04. The van der Waals surface area contributed by atoms with Gasteiger partial charge in [-0.15, -0.1) is 0 Å². The number of rotatable bonds is 10. The highest BCUT2D eigenvalue weighted by atomic mass is 15.2. The standard InChI is InChI=1S/C14H28N4/c1-3-4-5-6-7-8-9-10-13(17-15)14-11-16-12-18(14)2/h11-13,17H,3-10,15H2,1-2H3. The average Bonchev–Trinajstić information content (AvgIpc) is 2.79. The van der Waals surface area contributed by atoms with Gasteiger partial charge in [-0.3, -0.25) is 11.3 Å². The number of unbranched alkanes of at least 4 members (excludes halogenated alkanes) is 6. The predicted molar refractivity (Wildman–Crippen MR) is 75.9 cm³/mol. The molecular weight excluding hydrogens is 224 g/mol. The van der Waals surface area contributed by atoms with Crippen LogP contribution in [0.1, 0.15) is 70.0 Å². The number of aromatic nitrogens is 2. The fourth-order valence-electron chi connectivity index (χ4n) is 2.33. The van der Waals surface area contributed by atoms with E-state index in [9.17, 15) is 0 Å². The molecule has 0 radical (unpaired) electrons. The Morgan fingerprint density at radius 1 is 1.22 bits per heavy atom. The zero-order valence-electron chi connectivity index (χ0n) is 11.9. The van der Waals surface area contributed by atoms with Gasteiger partial charge in [-0.1, -0.05) is 51.9 Å². The zero-order valence-corrected chi connectivity index (χ0v) is 11.9. The van der Waals surface area contributed by atoms with Crippen molar-refractivity contribution in [2.45, 2.75) is 64.3 Å². The van der Waals surface area contributed by atoms with Gasteiger partial charge in [0, 0.05) is 13.2 Å². The Hall–Kier alpha value is -0.870. The first-order valence-corrected chi connectivity index (χ1v) is 7.22. The Kier molecular flexibility index (Phi) is 7.69. The smallest absolute Gasteiger partial charge is 0.0946 e. The normalized spacial score (nSPS) is 12.8. The van der Waals surface area contributed by atoms with Gasteiger partial charge in [0.05, 0.1) is 18.1 Å². The molecule has 18 heavy (non-hydrogen) atoms. The van der Waals surface area contributed by atoms with E-state index < -0.39 is 0 Å². The van der Waals surface area contributed by atoms with Crippen molar-refractivity contribution in [1.82, 2.24) is 15.0 Å². The van der Waals surface area contributed by atoms with Gasteiger partial charge < -0.3 is 4.57 Å². The van der Waals surface area contributed by atoms with Crippen molar-refractivity contribution in [3.8, 4) is 0 Å². The lowest BCUT2D eigenvalue weighted by atomic mass is 10.0. The number of nitrogens with zero attached hydrogens (tertiary/aromatic N) is 2. The summed E-state index contributed by atoms with van der Waals surface area (Å²) in [7, 11) is 2.01. The number of nitrogens with two attached hydrogens (primary N) is 1. The Labute approximate surface area is 111 Å². The van der Waals surface area contributed by atoms with Crippen molar-refractivity contribution in [3.05, 3.63) is 18.2 Å². The summed E-state index contributed by atoms with van der Waals surface area (Å²) in [5.41, 5.74) is 4.07. The summed E-state index contributed by atoms with van der Waals surface area (Å²) in [6.45, 7) is 2.26. The van der Waals surface area contributed by atoms with E-state index in [1.807, 2.05) is 24.1 Å². The summed E-state index contributed by atoms with van der Waals surface area (Å²) in [6, 6.07) is 0.230. The van der Waals surface area contributed by atoms with Gasteiger partial charge in [-0.2, -0.15) is 0 Å². The van der Waals surface area contributed by atoms with Crippen molar-refractivity contribution in [3.63, 3.8) is 0 Å². The molecule has 1 atom stereocenters. The molecule has 1 heterocycles. The highest BCUT2D eigenvalue weighted by Crippen LogP contribution is 2.18. The molecule has 0 saturated carbocycles. The molecular formula is C14H28N4. The molecule has 4 heteroatoms. The van der Waals surface area contributed by atoms with E-state index in [1.165, 1.54) is 50.6 Å². The van der Waals surface area contributed by atoms with Crippen LogP contribution >= 0.6 is 0 Å². The molecule has 0 aliphatic rings. The molecule has 3 N–H and O–H groups in total. The molecule has 104 valence electrons. The molecule has 0 aliphatic heterocycles. The number of hydrogen-bond donors (Lipinski definition) is 2. The second-order valence-electron chi connectivity index (χ2n) is 5.06. The average molecular weight is 252 g/mol. The maximum absolute atomic E-state index is 5.62. The molecule has 1 aromatic heterocycles. The molecule has 1 rings (SSSR count). The third-order valence-corrected chi connectivity index (χ3v) is 3.51. The maximum Gasteiger partial charge on any atom is 0.0946 e. The van der Waals surface area contributed by atoms with Crippen LogP contribution in [0, 0.1) is 0 Å². The third-order valence-electron chi connectivity index (χ3n) is 3.51. The summed E-state index contributed by atoms with van der Waals surface area (Å²) in [5, 5.41) is 0. The van der Waals surface area contributed by atoms with E-state index in [1.54, 1.807) is 0 Å². The van der Waals surface area contributed by atoms with E-state index in [0.717, 1.165) is 6.42 Å². The van der Waals surface area contributed by atoms with Crippen LogP contribution in [-0.4, -0.2) is 9.55 Å². The molecule has 0 fully saturated rings. The fraction of sp³-hybridized carbons (Fsp3) is 0.786. The lowest BCUT2D eigenvalue weighted by molar-refractivity contribution is 0.458. The highest BCUT2D eigenvalue weighted by Gasteiger charge is 2.12. The number of nitrogens with one attached hydrogen (secondary N) is 1. The SMILES string of the molecule is CCCCCCCCCC(NN)c1cncn1C. The van der Waals surface area contributed by atoms with Crippen LogP contribution < -0.4 is 11.3 Å². The number of hydrazine groups is 1. The van der Waals surface area contributed by atoms with Crippen LogP contribution in [-0.2, 0) is 7.05 Å². The summed E-state index contributed by atoms with van der Waals surface area (Å²) in [6.07, 6.45) is 14.1. The molecule has 0 aromatic carbocycles. The Morgan fingerprint density at radius 3 is 2.44 bits per heavy atom. The van der Waals surface area contributed by atoms with Gasteiger partial charge in [0.2, 0.25) is 0 Å². The molecule has 1 unspecified atom stereocenters. The monoisotopic (exact) mass is 252 g/mol. The van der Waals surface area contributed by atoms with Crippen LogP contribution in [0.4, 0.5) is 0 Å². The van der Waals surface area contributed by atoms with Crippen LogP contribution in [0.15, 0.2) is 12.5 Å². The first-order chi connectivity index (χ1) is 8.79. The Balaban J connectivity index is 2.15. The van der Waals surface area contributed by atoms with Crippen LogP contribution in [0.5, 0.6) is 0 Å². The van der Waals surface area contributed by atoms with Crippen LogP contribution in [0.25, 0.3) is 0 Å². The summed E-state index contributed by atoms with van der Waals surface area (Å²) >= 11 is 0. The van der Waals surface area contributed by atoms with E-state index in [2.05, 4.69) is 17.3 Å². The van der Waals surface area contributed by atoms with Crippen LogP contribution in [0.2, 0.25) is 0 Å². The Morgan fingerprint density at radius 2 is 1.89 bits per heavy atom. The second kappa shape index (κ2) is 9.11. The lowest BCUT2D eigenvalue weighted by Gasteiger charge is -2.16. The first kappa shape index (κ1) is 15.2. The quantitative estimate of drug-likeness (QED) is 0.382. The summed E-state index contributed by atoms with van der Waals surface area (Å²) in [5.74, 6) is 5.62. The summed E-state index contributed by atoms with van der Waals surface area (Å²) in [4.78, 5) is 4.14. The molecule has 0 spiro atoms. The minimum Gasteiger partial charge on any atom is -0.336 e. The van der Waals surface area contributed by atoms with Crippen molar-refractivity contribution in [2.75, 3.05) is 0 Å². The third kappa shape index (κ3) is 5.19.